The molecule has 0 spiro atoms. The maximum atomic E-state index is 12.3. The van der Waals surface area contributed by atoms with E-state index in [4.69, 9.17) is 0 Å². The Kier molecular flexibility index (Phi) is 2.39. The van der Waals surface area contributed by atoms with Gasteiger partial charge in [-0.3, -0.25) is 9.59 Å². The number of carbonyl (C=O) groups excluding carboxylic acids is 2. The van der Waals surface area contributed by atoms with Gasteiger partial charge in [-0.25, -0.2) is 0 Å². The number of hydrogen-bond donors (Lipinski definition) is 1. The Bertz CT molecular complexity index is 466. The van der Waals surface area contributed by atoms with E-state index in [-0.39, 0.29) is 4.88 Å². The van der Waals surface area contributed by atoms with E-state index >= 15 is 0 Å². The highest BCUT2D eigenvalue weighted by molar-refractivity contribution is 7.12. The van der Waals surface area contributed by atoms with E-state index in [2.05, 4.69) is 5.73 Å². The van der Waals surface area contributed by atoms with Crippen molar-refractivity contribution in [3.05, 3.63) is 21.9 Å². The maximum absolute atomic E-state index is 12.3. The Morgan fingerprint density at radius 1 is 1.44 bits per heavy atom. The molecule has 0 amide bonds. The zero-order chi connectivity index (χ0) is 12.1. The minimum absolute atomic E-state index is 0.225. The average molecular weight is 250 g/mol. The van der Waals surface area contributed by atoms with Gasteiger partial charge >= 0.3 is 6.18 Å². The maximum Gasteiger partial charge on any atom is 0.451 e. The van der Waals surface area contributed by atoms with Crippen LogP contribution in [0.25, 0.3) is 0 Å². The third kappa shape index (κ3) is 1.47. The van der Waals surface area contributed by atoms with Gasteiger partial charge in [0.15, 0.2) is 5.78 Å². The van der Waals surface area contributed by atoms with Crippen LogP contribution < -0.4 is 5.73 Å². The highest BCUT2D eigenvalue weighted by Crippen LogP contribution is 2.39. The largest absolute Gasteiger partial charge is 0.451 e. The Balaban J connectivity index is 2.38. The van der Waals surface area contributed by atoms with E-state index < -0.39 is 29.7 Å². The minimum atomic E-state index is -4.98. The molecule has 1 aliphatic carbocycles. The standard InChI is InChI=1S/C9H6F3NO2S/c10-9(11,12)8(15)4-5(13)3-1-2-16-7(3)6(4)14/h1-2,4-5H,13H2/p+1/t4-,5+/m1/s1. The number of hydrogen-bond acceptors (Lipinski definition) is 3. The van der Waals surface area contributed by atoms with Gasteiger partial charge in [-0.1, -0.05) is 0 Å². The molecule has 86 valence electrons. The highest BCUT2D eigenvalue weighted by atomic mass is 32.1. The van der Waals surface area contributed by atoms with Crippen molar-refractivity contribution in [3.8, 4) is 0 Å². The van der Waals surface area contributed by atoms with E-state index in [0.717, 1.165) is 11.3 Å². The average Bonchev–Trinajstić information content (AvgIpc) is 2.70. The fourth-order valence-corrected chi connectivity index (χ4v) is 2.74. The molecule has 0 fully saturated rings. The fourth-order valence-electron chi connectivity index (χ4n) is 1.79. The molecule has 0 saturated heterocycles. The van der Waals surface area contributed by atoms with Gasteiger partial charge in [0.2, 0.25) is 0 Å². The van der Waals surface area contributed by atoms with Crippen molar-refractivity contribution in [1.29, 1.82) is 0 Å². The van der Waals surface area contributed by atoms with Gasteiger partial charge in [0, 0.05) is 5.56 Å². The van der Waals surface area contributed by atoms with Crippen LogP contribution in [0.3, 0.4) is 0 Å². The molecule has 3 N–H and O–H groups in total. The second-order valence-electron chi connectivity index (χ2n) is 3.52. The number of fused-ring (bicyclic) bond motifs is 1. The Labute approximate surface area is 92.1 Å². The first kappa shape index (κ1) is 11.3. The molecule has 0 radical (unpaired) electrons. The number of alkyl halides is 3. The van der Waals surface area contributed by atoms with Crippen molar-refractivity contribution in [2.45, 2.75) is 12.2 Å². The highest BCUT2D eigenvalue weighted by Gasteiger charge is 2.54. The zero-order valence-corrected chi connectivity index (χ0v) is 8.69. The number of carbonyl (C=O) groups is 2. The monoisotopic (exact) mass is 250 g/mol. The number of quaternary nitrogens is 1. The summed E-state index contributed by atoms with van der Waals surface area (Å²) >= 11 is 1.05. The van der Waals surface area contributed by atoms with Gasteiger partial charge in [-0.15, -0.1) is 11.3 Å². The molecule has 7 heteroatoms. The Morgan fingerprint density at radius 2 is 2.06 bits per heavy atom. The molecule has 1 aromatic rings. The van der Waals surface area contributed by atoms with Gasteiger partial charge in [-0.05, 0) is 11.4 Å². The molecule has 16 heavy (non-hydrogen) atoms. The molecule has 0 aromatic carbocycles. The molecule has 1 heterocycles. The van der Waals surface area contributed by atoms with E-state index in [1.807, 2.05) is 0 Å². The van der Waals surface area contributed by atoms with Crippen molar-refractivity contribution < 1.29 is 28.5 Å². The summed E-state index contributed by atoms with van der Waals surface area (Å²) in [5.41, 5.74) is 3.92. The summed E-state index contributed by atoms with van der Waals surface area (Å²) < 4.78 is 36.8. The quantitative estimate of drug-likeness (QED) is 0.755. The second kappa shape index (κ2) is 3.39. The van der Waals surface area contributed by atoms with Gasteiger partial charge < -0.3 is 5.73 Å². The number of halogens is 3. The van der Waals surface area contributed by atoms with Crippen LogP contribution in [0.4, 0.5) is 13.2 Å². The summed E-state index contributed by atoms with van der Waals surface area (Å²) in [6, 6.07) is 0.613. The van der Waals surface area contributed by atoms with E-state index in [1.165, 1.54) is 0 Å². The summed E-state index contributed by atoms with van der Waals surface area (Å²) in [5.74, 6) is -4.45. The first-order chi connectivity index (χ1) is 7.34. The lowest BCUT2D eigenvalue weighted by Crippen LogP contribution is -2.58. The zero-order valence-electron chi connectivity index (χ0n) is 7.88. The van der Waals surface area contributed by atoms with Crippen LogP contribution >= 0.6 is 11.3 Å². The molecule has 2 atom stereocenters. The molecule has 0 aliphatic heterocycles. The summed E-state index contributed by atoms with van der Waals surface area (Å²) in [6.07, 6.45) is -4.98. The lowest BCUT2D eigenvalue weighted by Gasteiger charge is -2.12. The first-order valence-corrected chi connectivity index (χ1v) is 5.27. The number of rotatable bonds is 1. The summed E-state index contributed by atoms with van der Waals surface area (Å²) in [6.45, 7) is 0. The van der Waals surface area contributed by atoms with Crippen LogP contribution in [0.15, 0.2) is 11.4 Å². The predicted molar refractivity (Wildman–Crippen MR) is 48.8 cm³/mol. The van der Waals surface area contributed by atoms with E-state index in [9.17, 15) is 22.8 Å². The van der Waals surface area contributed by atoms with E-state index in [0.29, 0.717) is 5.56 Å². The van der Waals surface area contributed by atoms with Crippen molar-refractivity contribution in [1.82, 2.24) is 0 Å². The molecule has 0 saturated carbocycles. The molecule has 2 rings (SSSR count). The van der Waals surface area contributed by atoms with Gasteiger partial charge in [0.25, 0.3) is 5.78 Å². The lowest BCUT2D eigenvalue weighted by molar-refractivity contribution is -0.431. The molecule has 0 bridgehead atoms. The molecule has 0 unspecified atom stereocenters. The normalized spacial score (nSPS) is 24.6. The molecule has 1 aromatic heterocycles. The number of ketones is 2. The van der Waals surface area contributed by atoms with Crippen molar-refractivity contribution in [2.24, 2.45) is 5.92 Å². The van der Waals surface area contributed by atoms with Crippen molar-refractivity contribution >= 4 is 22.9 Å². The summed E-state index contributed by atoms with van der Waals surface area (Å²) in [5, 5.41) is 1.61. The third-order valence-electron chi connectivity index (χ3n) is 2.57. The van der Waals surface area contributed by atoms with Gasteiger partial charge in [0.05, 0.1) is 4.88 Å². The van der Waals surface area contributed by atoms with Crippen LogP contribution in [0.2, 0.25) is 0 Å². The topological polar surface area (TPSA) is 61.8 Å². The fraction of sp³-hybridized carbons (Fsp3) is 0.333. The SMILES string of the molecule is [NH3+][C@H]1c2ccsc2C(=O)[C@@H]1C(=O)C(F)(F)F. The summed E-state index contributed by atoms with van der Waals surface area (Å²) in [4.78, 5) is 22.9. The van der Waals surface area contributed by atoms with E-state index in [1.54, 1.807) is 11.4 Å². The van der Waals surface area contributed by atoms with Crippen LogP contribution in [0.5, 0.6) is 0 Å². The third-order valence-corrected chi connectivity index (χ3v) is 3.51. The first-order valence-electron chi connectivity index (χ1n) is 4.39. The van der Waals surface area contributed by atoms with Crippen molar-refractivity contribution in [2.75, 3.05) is 0 Å². The van der Waals surface area contributed by atoms with Gasteiger partial charge in [0.1, 0.15) is 12.0 Å². The lowest BCUT2D eigenvalue weighted by atomic mass is 9.95. The predicted octanol–water partition coefficient (Wildman–Crippen LogP) is 0.975. The Morgan fingerprint density at radius 3 is 2.56 bits per heavy atom. The van der Waals surface area contributed by atoms with Crippen LogP contribution in [0.1, 0.15) is 21.3 Å². The van der Waals surface area contributed by atoms with Gasteiger partial charge in [-0.2, -0.15) is 13.2 Å². The molecular weight excluding hydrogens is 243 g/mol. The molecule has 3 nitrogen and oxygen atoms in total. The number of thiophene rings is 1. The second-order valence-corrected chi connectivity index (χ2v) is 4.43. The Hall–Kier alpha value is -1.21. The molecular formula is C9H7F3NO2S+. The van der Waals surface area contributed by atoms with Crippen LogP contribution in [0, 0.1) is 5.92 Å². The molecule has 1 aliphatic rings. The number of Topliss-reactive ketones (excluding diaryl/α,β-unsaturated/α-hetero) is 2. The van der Waals surface area contributed by atoms with Crippen LogP contribution in [-0.2, 0) is 4.79 Å². The van der Waals surface area contributed by atoms with Crippen LogP contribution in [-0.4, -0.2) is 17.7 Å². The summed E-state index contributed by atoms with van der Waals surface area (Å²) in [7, 11) is 0. The smallest absolute Gasteiger partial charge is 0.350 e. The van der Waals surface area contributed by atoms with Crippen molar-refractivity contribution in [3.63, 3.8) is 0 Å². The minimum Gasteiger partial charge on any atom is -0.350 e.